The molecular weight excluding hydrogens is 250 g/mol. The minimum Gasteiger partial charge on any atom is -0.375 e. The second-order valence-corrected chi connectivity index (χ2v) is 4.58. The van der Waals surface area contributed by atoms with Crippen LogP contribution < -0.4 is 0 Å². The summed E-state index contributed by atoms with van der Waals surface area (Å²) >= 11 is 0. The predicted octanol–water partition coefficient (Wildman–Crippen LogP) is 0.744. The van der Waals surface area contributed by atoms with E-state index in [4.69, 9.17) is 14.0 Å². The molecule has 0 spiro atoms. The SMILES string of the molecule is COCc1nc(COC2CCCN(C(C)=O)C2)no1. The molecule has 1 aliphatic heterocycles. The van der Waals surface area contributed by atoms with Gasteiger partial charge in [0.25, 0.3) is 5.89 Å². The molecule has 0 aliphatic carbocycles. The maximum Gasteiger partial charge on any atom is 0.252 e. The molecule has 7 nitrogen and oxygen atoms in total. The van der Waals surface area contributed by atoms with E-state index in [1.165, 1.54) is 0 Å². The quantitative estimate of drug-likeness (QED) is 0.784. The lowest BCUT2D eigenvalue weighted by atomic mass is 10.1. The maximum absolute atomic E-state index is 11.3. The van der Waals surface area contributed by atoms with Crippen LogP contribution in [0.15, 0.2) is 4.52 Å². The van der Waals surface area contributed by atoms with Crippen LogP contribution in [0.2, 0.25) is 0 Å². The fourth-order valence-electron chi connectivity index (χ4n) is 2.08. The van der Waals surface area contributed by atoms with Crippen molar-refractivity contribution in [3.63, 3.8) is 0 Å². The highest BCUT2D eigenvalue weighted by Gasteiger charge is 2.22. The summed E-state index contributed by atoms with van der Waals surface area (Å²) in [5, 5.41) is 3.80. The number of likely N-dealkylation sites (tertiary alicyclic amines) is 1. The Balaban J connectivity index is 1.79. The summed E-state index contributed by atoms with van der Waals surface area (Å²) in [4.78, 5) is 17.2. The summed E-state index contributed by atoms with van der Waals surface area (Å²) in [7, 11) is 1.57. The van der Waals surface area contributed by atoms with Crippen molar-refractivity contribution in [2.45, 2.75) is 39.1 Å². The fraction of sp³-hybridized carbons (Fsp3) is 0.750. The molecule has 1 unspecified atom stereocenters. The second-order valence-electron chi connectivity index (χ2n) is 4.58. The number of piperidine rings is 1. The van der Waals surface area contributed by atoms with Crippen molar-refractivity contribution in [1.29, 1.82) is 0 Å². The van der Waals surface area contributed by atoms with Gasteiger partial charge in [-0.3, -0.25) is 4.79 Å². The van der Waals surface area contributed by atoms with Gasteiger partial charge in [0.1, 0.15) is 13.2 Å². The molecule has 2 rings (SSSR count). The Labute approximate surface area is 111 Å². The maximum atomic E-state index is 11.3. The highest BCUT2D eigenvalue weighted by Crippen LogP contribution is 2.14. The van der Waals surface area contributed by atoms with E-state index in [2.05, 4.69) is 10.1 Å². The third-order valence-corrected chi connectivity index (χ3v) is 3.05. The zero-order chi connectivity index (χ0) is 13.7. The predicted molar refractivity (Wildman–Crippen MR) is 65.1 cm³/mol. The van der Waals surface area contributed by atoms with Crippen molar-refractivity contribution in [3.8, 4) is 0 Å². The van der Waals surface area contributed by atoms with Gasteiger partial charge < -0.3 is 18.9 Å². The lowest BCUT2D eigenvalue weighted by molar-refractivity contribution is -0.133. The minimum atomic E-state index is 0.0435. The highest BCUT2D eigenvalue weighted by molar-refractivity contribution is 5.73. The molecule has 0 aromatic carbocycles. The monoisotopic (exact) mass is 269 g/mol. The number of nitrogens with zero attached hydrogens (tertiary/aromatic N) is 3. The number of carbonyl (C=O) groups excluding carboxylic acids is 1. The Morgan fingerprint density at radius 1 is 1.53 bits per heavy atom. The normalized spacial score (nSPS) is 19.7. The number of rotatable bonds is 5. The summed E-state index contributed by atoms with van der Waals surface area (Å²) in [5.41, 5.74) is 0. The summed E-state index contributed by atoms with van der Waals surface area (Å²) in [6.45, 7) is 3.63. The largest absolute Gasteiger partial charge is 0.375 e. The average Bonchev–Trinajstić information content (AvgIpc) is 2.85. The van der Waals surface area contributed by atoms with E-state index < -0.39 is 0 Å². The second kappa shape index (κ2) is 6.63. The van der Waals surface area contributed by atoms with Crippen LogP contribution in [-0.4, -0.2) is 47.3 Å². The molecule has 106 valence electrons. The van der Waals surface area contributed by atoms with Crippen LogP contribution in [0.1, 0.15) is 31.5 Å². The first-order valence-corrected chi connectivity index (χ1v) is 6.36. The summed E-state index contributed by atoms with van der Waals surface area (Å²) in [5.74, 6) is 1.04. The Morgan fingerprint density at radius 2 is 2.37 bits per heavy atom. The molecule has 7 heteroatoms. The van der Waals surface area contributed by atoms with Gasteiger partial charge in [0, 0.05) is 27.1 Å². The van der Waals surface area contributed by atoms with Crippen LogP contribution in [-0.2, 0) is 27.5 Å². The average molecular weight is 269 g/mol. The molecule has 1 aromatic heterocycles. The number of carbonyl (C=O) groups is 1. The van der Waals surface area contributed by atoms with Gasteiger partial charge in [-0.15, -0.1) is 0 Å². The van der Waals surface area contributed by atoms with Gasteiger partial charge in [-0.05, 0) is 12.8 Å². The summed E-state index contributed by atoms with van der Waals surface area (Å²) in [6.07, 6.45) is 1.96. The van der Waals surface area contributed by atoms with Crippen LogP contribution in [0.4, 0.5) is 0 Å². The molecule has 1 aliphatic rings. The van der Waals surface area contributed by atoms with Crippen LogP contribution in [0.25, 0.3) is 0 Å². The number of methoxy groups -OCH3 is 1. The van der Waals surface area contributed by atoms with Crippen LogP contribution in [0.3, 0.4) is 0 Å². The van der Waals surface area contributed by atoms with Gasteiger partial charge in [-0.2, -0.15) is 4.98 Å². The first kappa shape index (κ1) is 14.0. The van der Waals surface area contributed by atoms with E-state index in [0.29, 0.717) is 31.5 Å². The molecule has 0 saturated carbocycles. The van der Waals surface area contributed by atoms with Crippen LogP contribution in [0, 0.1) is 0 Å². The van der Waals surface area contributed by atoms with Crippen molar-refractivity contribution in [2.75, 3.05) is 20.2 Å². The lowest BCUT2D eigenvalue weighted by Crippen LogP contribution is -2.42. The Kier molecular flexibility index (Phi) is 4.86. The van der Waals surface area contributed by atoms with E-state index in [-0.39, 0.29) is 12.0 Å². The molecule has 0 N–H and O–H groups in total. The third kappa shape index (κ3) is 4.00. The van der Waals surface area contributed by atoms with E-state index in [0.717, 1.165) is 19.4 Å². The van der Waals surface area contributed by atoms with Gasteiger partial charge in [-0.25, -0.2) is 0 Å². The van der Waals surface area contributed by atoms with Crippen molar-refractivity contribution in [3.05, 3.63) is 11.7 Å². The van der Waals surface area contributed by atoms with Gasteiger partial charge in [0.05, 0.1) is 6.10 Å². The molecule has 1 saturated heterocycles. The molecular formula is C12H19N3O4. The molecule has 0 radical (unpaired) electrons. The summed E-state index contributed by atoms with van der Waals surface area (Å²) in [6, 6.07) is 0. The van der Waals surface area contributed by atoms with E-state index in [9.17, 15) is 4.79 Å². The van der Waals surface area contributed by atoms with Crippen molar-refractivity contribution < 1.29 is 18.8 Å². The number of amides is 1. The molecule has 1 aromatic rings. The van der Waals surface area contributed by atoms with E-state index in [1.807, 2.05) is 0 Å². The van der Waals surface area contributed by atoms with Gasteiger partial charge in [0.2, 0.25) is 5.91 Å². The molecule has 1 amide bonds. The third-order valence-electron chi connectivity index (χ3n) is 3.05. The Hall–Kier alpha value is -1.47. The molecule has 1 atom stereocenters. The standard InChI is InChI=1S/C12H19N3O4/c1-9(16)15-5-3-4-10(6-15)18-7-11-13-12(8-17-2)19-14-11/h10H,3-8H2,1-2H3. The molecule has 1 fully saturated rings. The van der Waals surface area contributed by atoms with Crippen molar-refractivity contribution in [1.82, 2.24) is 15.0 Å². The number of ether oxygens (including phenoxy) is 2. The fourth-order valence-corrected chi connectivity index (χ4v) is 2.08. The molecule has 2 heterocycles. The van der Waals surface area contributed by atoms with Crippen molar-refractivity contribution in [2.24, 2.45) is 0 Å². The summed E-state index contributed by atoms with van der Waals surface area (Å²) < 4.78 is 15.6. The molecule has 19 heavy (non-hydrogen) atoms. The first-order valence-electron chi connectivity index (χ1n) is 6.36. The Bertz CT molecular complexity index is 421. The topological polar surface area (TPSA) is 77.7 Å². The zero-order valence-electron chi connectivity index (χ0n) is 11.3. The number of aromatic nitrogens is 2. The van der Waals surface area contributed by atoms with E-state index in [1.54, 1.807) is 18.9 Å². The van der Waals surface area contributed by atoms with Crippen LogP contribution >= 0.6 is 0 Å². The van der Waals surface area contributed by atoms with E-state index >= 15 is 0 Å². The number of hydrogen-bond acceptors (Lipinski definition) is 6. The van der Waals surface area contributed by atoms with Crippen molar-refractivity contribution >= 4 is 5.91 Å². The van der Waals surface area contributed by atoms with Crippen LogP contribution in [0.5, 0.6) is 0 Å². The smallest absolute Gasteiger partial charge is 0.252 e. The van der Waals surface area contributed by atoms with Gasteiger partial charge in [0.15, 0.2) is 5.82 Å². The first-order chi connectivity index (χ1) is 9.19. The lowest BCUT2D eigenvalue weighted by Gasteiger charge is -2.31. The minimum absolute atomic E-state index is 0.0435. The highest BCUT2D eigenvalue weighted by atomic mass is 16.5. The van der Waals surface area contributed by atoms with Gasteiger partial charge in [-0.1, -0.05) is 5.16 Å². The zero-order valence-corrected chi connectivity index (χ0v) is 11.3. The molecule has 0 bridgehead atoms. The number of hydrogen-bond donors (Lipinski definition) is 0. The van der Waals surface area contributed by atoms with Gasteiger partial charge >= 0.3 is 0 Å². The Morgan fingerprint density at radius 3 is 3.11 bits per heavy atom.